The molecule has 7 atom stereocenters. The maximum atomic E-state index is 13.1. The van der Waals surface area contributed by atoms with Crippen molar-refractivity contribution in [3.05, 3.63) is 35.9 Å². The molecule has 0 spiro atoms. The van der Waals surface area contributed by atoms with Gasteiger partial charge in [0.1, 0.15) is 25.5 Å². The molecule has 3 N–H and O–H groups in total. The van der Waals surface area contributed by atoms with E-state index in [1.165, 1.54) is 45.5 Å². The summed E-state index contributed by atoms with van der Waals surface area (Å²) < 4.78 is 10.5. The van der Waals surface area contributed by atoms with Crippen molar-refractivity contribution < 1.29 is 43.7 Å². The average molecular weight is 579 g/mol. The normalized spacial score (nSPS) is 30.3. The van der Waals surface area contributed by atoms with Gasteiger partial charge in [-0.1, -0.05) is 32.2 Å². The Morgan fingerprint density at radius 1 is 1.12 bits per heavy atom. The lowest BCUT2D eigenvalue weighted by atomic mass is 9.79. The number of aliphatic hydroxyl groups is 1. The van der Waals surface area contributed by atoms with E-state index in [1.54, 1.807) is 0 Å². The topological polar surface area (TPSA) is 166 Å². The van der Waals surface area contributed by atoms with E-state index in [0.717, 1.165) is 0 Å². The van der Waals surface area contributed by atoms with Gasteiger partial charge in [0.05, 0.1) is 30.1 Å². The van der Waals surface area contributed by atoms with Crippen LogP contribution in [0.1, 0.15) is 20.3 Å². The van der Waals surface area contributed by atoms with Crippen LogP contribution in [0.2, 0.25) is 0 Å². The molecule has 0 bridgehead atoms. The minimum absolute atomic E-state index is 0.0306. The molecule has 14 heteroatoms. The van der Waals surface area contributed by atoms with Gasteiger partial charge in [0.25, 0.3) is 0 Å². The Hall–Kier alpha value is -3.52. The summed E-state index contributed by atoms with van der Waals surface area (Å²) in [5, 5.41) is 22.6. The van der Waals surface area contributed by atoms with Crippen molar-refractivity contribution in [3.63, 3.8) is 0 Å². The second kappa shape index (κ2) is 11.9. The molecule has 4 aliphatic heterocycles. The van der Waals surface area contributed by atoms with Gasteiger partial charge in [0.2, 0.25) is 11.8 Å². The average Bonchev–Trinajstić information content (AvgIpc) is 3.43. The first-order valence-corrected chi connectivity index (χ1v) is 13.9. The maximum absolute atomic E-state index is 13.1. The summed E-state index contributed by atoms with van der Waals surface area (Å²) in [5.74, 6) is -3.06. The van der Waals surface area contributed by atoms with Crippen LogP contribution in [0.3, 0.4) is 0 Å². The van der Waals surface area contributed by atoms with Crippen molar-refractivity contribution in [2.45, 2.75) is 49.7 Å². The number of hydrogen-bond donors (Lipinski definition) is 3. The van der Waals surface area contributed by atoms with Gasteiger partial charge in [-0.25, -0.2) is 14.4 Å². The summed E-state index contributed by atoms with van der Waals surface area (Å²) >= 11 is 1.28. The van der Waals surface area contributed by atoms with Gasteiger partial charge in [0, 0.05) is 29.2 Å². The number of piperazine rings is 1. The van der Waals surface area contributed by atoms with Gasteiger partial charge in [-0.05, 0) is 13.3 Å². The van der Waals surface area contributed by atoms with E-state index in [2.05, 4.69) is 18.5 Å². The fourth-order valence-corrected chi connectivity index (χ4v) is 7.51. The Kier molecular flexibility index (Phi) is 8.78. The number of aliphatic carboxylic acids is 1. The quantitative estimate of drug-likeness (QED) is 0.263. The highest BCUT2D eigenvalue weighted by Gasteiger charge is 2.60. The third kappa shape index (κ3) is 5.29. The first-order valence-electron chi connectivity index (χ1n) is 13.0. The molecule has 4 heterocycles. The number of carboxylic acid groups (broad SMARTS) is 1. The first kappa shape index (κ1) is 29.5. The van der Waals surface area contributed by atoms with Crippen molar-refractivity contribution >= 4 is 41.7 Å². The molecule has 0 aliphatic carbocycles. The SMILES string of the molecule is C=CCOC(=O)N1CC(=O)NCC1[C@@H]1C[C@H](SC2=C(C(=O)O)N3C(=O)[C@H]([C@@H](C)O)[C@H]3[C@H]2C)CN1C(=O)OCC=C. The van der Waals surface area contributed by atoms with Crippen LogP contribution < -0.4 is 5.32 Å². The number of amides is 4. The summed E-state index contributed by atoms with van der Waals surface area (Å²) in [4.78, 5) is 67.6. The van der Waals surface area contributed by atoms with Crippen LogP contribution in [-0.4, -0.2) is 117 Å². The number of likely N-dealkylation sites (tertiary alicyclic amines) is 1. The molecular formula is C26H34N4O9S. The zero-order valence-electron chi connectivity index (χ0n) is 22.4. The van der Waals surface area contributed by atoms with Crippen LogP contribution in [0, 0.1) is 11.8 Å². The standard InChI is InChI=1S/C26H34N4O9S/c1-5-7-38-25(36)28-11-15(9-16(28)17-10-27-18(32)12-29(17)26(37)39-8-6-2)40-22-13(3)20-19(14(4)31)23(33)30(20)21(22)24(34)35/h5-6,13-17,19-20,31H,1-2,7-12H2,3-4H3,(H,27,32)(H,34,35)/t13-,14-,15+,16+,17?,19-,20-/m1/s1. The molecule has 0 saturated carbocycles. The molecule has 0 aromatic carbocycles. The van der Waals surface area contributed by atoms with E-state index in [1.807, 2.05) is 6.92 Å². The smallest absolute Gasteiger partial charge is 0.410 e. The zero-order valence-corrected chi connectivity index (χ0v) is 23.2. The fourth-order valence-electron chi connectivity index (χ4n) is 5.97. The summed E-state index contributed by atoms with van der Waals surface area (Å²) in [7, 11) is 0. The third-order valence-corrected chi connectivity index (χ3v) is 9.19. The Balaban J connectivity index is 1.61. The number of hydrogen-bond acceptors (Lipinski definition) is 9. The molecule has 0 radical (unpaired) electrons. The second-order valence-electron chi connectivity index (χ2n) is 10.2. The van der Waals surface area contributed by atoms with Gasteiger partial charge in [-0.3, -0.25) is 14.5 Å². The molecule has 40 heavy (non-hydrogen) atoms. The molecule has 4 rings (SSSR count). The molecular weight excluding hydrogens is 544 g/mol. The zero-order chi connectivity index (χ0) is 29.3. The summed E-state index contributed by atoms with van der Waals surface area (Å²) in [6.07, 6.45) is 0.909. The number of nitrogens with zero attached hydrogens (tertiary/aromatic N) is 3. The number of ether oxygens (including phenoxy) is 2. The van der Waals surface area contributed by atoms with Crippen LogP contribution >= 0.6 is 11.8 Å². The second-order valence-corrected chi connectivity index (χ2v) is 11.5. The number of aliphatic hydroxyl groups excluding tert-OH is 1. The number of carbonyl (C=O) groups is 5. The maximum Gasteiger partial charge on any atom is 0.410 e. The molecule has 0 aromatic rings. The van der Waals surface area contributed by atoms with E-state index < -0.39 is 54.2 Å². The van der Waals surface area contributed by atoms with Crippen molar-refractivity contribution in [1.29, 1.82) is 0 Å². The fraction of sp³-hybridized carbons (Fsp3) is 0.577. The summed E-state index contributed by atoms with van der Waals surface area (Å²) in [6, 6.07) is -1.68. The summed E-state index contributed by atoms with van der Waals surface area (Å²) in [6.45, 7) is 10.4. The number of β-lactam (4-membered cyclic amide) rings is 1. The number of rotatable bonds is 9. The van der Waals surface area contributed by atoms with Crippen LogP contribution in [0.15, 0.2) is 35.9 Å². The molecule has 4 aliphatic rings. The van der Waals surface area contributed by atoms with Gasteiger partial charge in [0.15, 0.2) is 0 Å². The van der Waals surface area contributed by atoms with Crippen molar-refractivity contribution in [3.8, 4) is 0 Å². The molecule has 3 saturated heterocycles. The largest absolute Gasteiger partial charge is 0.477 e. The highest BCUT2D eigenvalue weighted by Crippen LogP contribution is 2.52. The monoisotopic (exact) mass is 578 g/mol. The van der Waals surface area contributed by atoms with Gasteiger partial charge < -0.3 is 34.8 Å². The Labute approximate surface area is 235 Å². The molecule has 1 unspecified atom stereocenters. The van der Waals surface area contributed by atoms with Gasteiger partial charge >= 0.3 is 18.2 Å². The Bertz CT molecular complexity index is 1140. The highest BCUT2D eigenvalue weighted by atomic mass is 32.2. The van der Waals surface area contributed by atoms with Crippen LogP contribution in [0.5, 0.6) is 0 Å². The van der Waals surface area contributed by atoms with Crippen LogP contribution in [0.25, 0.3) is 0 Å². The van der Waals surface area contributed by atoms with Crippen molar-refractivity contribution in [2.75, 3.05) is 32.8 Å². The number of fused-ring (bicyclic) bond motifs is 1. The predicted molar refractivity (Wildman–Crippen MR) is 143 cm³/mol. The van der Waals surface area contributed by atoms with Crippen molar-refractivity contribution in [2.24, 2.45) is 11.8 Å². The number of carbonyl (C=O) groups excluding carboxylic acids is 4. The summed E-state index contributed by atoms with van der Waals surface area (Å²) in [5.41, 5.74) is -0.104. The number of thioether (sulfide) groups is 1. The Morgan fingerprint density at radius 3 is 2.33 bits per heavy atom. The van der Waals surface area contributed by atoms with E-state index in [-0.39, 0.29) is 55.6 Å². The Morgan fingerprint density at radius 2 is 1.75 bits per heavy atom. The number of nitrogens with one attached hydrogen (secondary N) is 1. The van der Waals surface area contributed by atoms with E-state index in [0.29, 0.717) is 11.3 Å². The van der Waals surface area contributed by atoms with Gasteiger partial charge in [-0.15, -0.1) is 11.8 Å². The molecule has 13 nitrogen and oxygen atoms in total. The van der Waals surface area contributed by atoms with E-state index >= 15 is 0 Å². The molecule has 4 amide bonds. The van der Waals surface area contributed by atoms with E-state index in [9.17, 15) is 34.2 Å². The lowest BCUT2D eigenvalue weighted by Crippen LogP contribution is -2.63. The lowest BCUT2D eigenvalue weighted by molar-refractivity contribution is -0.163. The molecule has 0 aromatic heterocycles. The number of carboxylic acids is 1. The molecule has 3 fully saturated rings. The molecule has 218 valence electrons. The highest BCUT2D eigenvalue weighted by molar-refractivity contribution is 8.03. The van der Waals surface area contributed by atoms with Crippen LogP contribution in [-0.2, 0) is 23.9 Å². The van der Waals surface area contributed by atoms with Gasteiger partial charge in [-0.2, -0.15) is 0 Å². The lowest BCUT2D eigenvalue weighted by Gasteiger charge is -2.46. The third-order valence-electron chi connectivity index (χ3n) is 7.69. The van der Waals surface area contributed by atoms with Crippen molar-refractivity contribution in [1.82, 2.24) is 20.0 Å². The van der Waals surface area contributed by atoms with E-state index in [4.69, 9.17) is 9.47 Å². The minimum Gasteiger partial charge on any atom is -0.477 e. The predicted octanol–water partition coefficient (Wildman–Crippen LogP) is 0.762. The first-order chi connectivity index (χ1) is 19.0. The van der Waals surface area contributed by atoms with Crippen LogP contribution in [0.4, 0.5) is 9.59 Å². The minimum atomic E-state index is -1.24.